The molecule has 0 saturated carbocycles. The van der Waals surface area contributed by atoms with Crippen LogP contribution in [0.15, 0.2) is 42.0 Å². The first-order valence-electron chi connectivity index (χ1n) is 14.0. The van der Waals surface area contributed by atoms with E-state index in [0.29, 0.717) is 48.1 Å². The minimum absolute atomic E-state index is 0.104. The molecular formula is C32H44N2O5. The van der Waals surface area contributed by atoms with E-state index < -0.39 is 17.7 Å². The number of carbonyl (C=O) groups is 2. The van der Waals surface area contributed by atoms with E-state index in [1.54, 1.807) is 12.0 Å². The minimum atomic E-state index is -0.736. The molecule has 7 nitrogen and oxygen atoms in total. The van der Waals surface area contributed by atoms with Crippen LogP contribution in [-0.4, -0.2) is 66.5 Å². The summed E-state index contributed by atoms with van der Waals surface area (Å²) in [6, 6.07) is 10.5. The van der Waals surface area contributed by atoms with Crippen LogP contribution in [0.2, 0.25) is 0 Å². The van der Waals surface area contributed by atoms with Crippen LogP contribution in [0.5, 0.6) is 11.5 Å². The molecule has 1 unspecified atom stereocenters. The Kier molecular flexibility index (Phi) is 10.6. The number of Topliss-reactive ketones (excluding diaryl/α,β-unsaturated/α-hetero) is 1. The summed E-state index contributed by atoms with van der Waals surface area (Å²) in [4.78, 5) is 30.7. The lowest BCUT2D eigenvalue weighted by molar-refractivity contribution is -0.140. The molecule has 2 aromatic rings. The van der Waals surface area contributed by atoms with E-state index in [9.17, 15) is 14.7 Å². The van der Waals surface area contributed by atoms with E-state index in [1.165, 1.54) is 0 Å². The predicted octanol–water partition coefficient (Wildman–Crippen LogP) is 5.89. The summed E-state index contributed by atoms with van der Waals surface area (Å²) in [6.07, 6.45) is 1.62. The first-order valence-corrected chi connectivity index (χ1v) is 14.0. The van der Waals surface area contributed by atoms with Crippen LogP contribution in [0.1, 0.15) is 68.8 Å². The van der Waals surface area contributed by atoms with Crippen LogP contribution in [0.25, 0.3) is 5.76 Å². The fourth-order valence-corrected chi connectivity index (χ4v) is 4.98. The lowest BCUT2D eigenvalue weighted by Crippen LogP contribution is -2.33. The van der Waals surface area contributed by atoms with Crippen molar-refractivity contribution >= 4 is 17.4 Å². The third-order valence-electron chi connectivity index (χ3n) is 7.41. The summed E-state index contributed by atoms with van der Waals surface area (Å²) in [5.74, 6) is 0.227. The summed E-state index contributed by atoms with van der Waals surface area (Å²) >= 11 is 0. The highest BCUT2D eigenvalue weighted by Gasteiger charge is 2.46. The zero-order chi connectivity index (χ0) is 28.7. The zero-order valence-electron chi connectivity index (χ0n) is 24.5. The van der Waals surface area contributed by atoms with Crippen LogP contribution >= 0.6 is 0 Å². The number of aryl methyl sites for hydroxylation is 2. The Hall–Kier alpha value is -3.32. The largest absolute Gasteiger partial charge is 0.507 e. The molecule has 7 heteroatoms. The molecule has 1 saturated heterocycles. The first-order chi connectivity index (χ1) is 18.6. The molecule has 39 heavy (non-hydrogen) atoms. The molecule has 0 radical (unpaired) electrons. The van der Waals surface area contributed by atoms with Gasteiger partial charge in [-0.3, -0.25) is 9.59 Å². The van der Waals surface area contributed by atoms with Gasteiger partial charge in [0, 0.05) is 12.1 Å². The number of amides is 1. The standard InChI is InChI=1S/C32H44N2O5/c1-8-33(9-2)16-10-17-34-29(24-13-14-26(27(20-24)38-7)39-18-15-21(3)4)28(31(36)32(34)37)30(35)25-19-22(5)11-12-23(25)6/h11-14,19-21,29,35H,8-10,15-18H2,1-7H3. The molecule has 1 N–H and O–H groups in total. The fourth-order valence-electron chi connectivity index (χ4n) is 4.98. The van der Waals surface area contributed by atoms with Crippen molar-refractivity contribution in [2.75, 3.05) is 39.9 Å². The monoisotopic (exact) mass is 536 g/mol. The summed E-state index contributed by atoms with van der Waals surface area (Å²) in [5, 5.41) is 11.5. The Labute approximate surface area is 233 Å². The van der Waals surface area contributed by atoms with Gasteiger partial charge in [-0.2, -0.15) is 0 Å². The quantitative estimate of drug-likeness (QED) is 0.195. The molecule has 1 heterocycles. The van der Waals surface area contributed by atoms with E-state index in [2.05, 4.69) is 32.6 Å². The van der Waals surface area contributed by atoms with Gasteiger partial charge in [0.25, 0.3) is 11.7 Å². The Balaban J connectivity index is 2.08. The van der Waals surface area contributed by atoms with Crippen LogP contribution in [0.3, 0.4) is 0 Å². The van der Waals surface area contributed by atoms with Gasteiger partial charge in [-0.25, -0.2) is 0 Å². The normalized spacial score (nSPS) is 16.9. The Morgan fingerprint density at radius 2 is 1.77 bits per heavy atom. The van der Waals surface area contributed by atoms with Crippen molar-refractivity contribution in [3.63, 3.8) is 0 Å². The van der Waals surface area contributed by atoms with Crippen molar-refractivity contribution in [2.24, 2.45) is 5.92 Å². The highest BCUT2D eigenvalue weighted by atomic mass is 16.5. The Morgan fingerprint density at radius 1 is 1.05 bits per heavy atom. The smallest absolute Gasteiger partial charge is 0.295 e. The number of hydrogen-bond donors (Lipinski definition) is 1. The zero-order valence-corrected chi connectivity index (χ0v) is 24.5. The van der Waals surface area contributed by atoms with Gasteiger partial charge in [0.15, 0.2) is 11.5 Å². The van der Waals surface area contributed by atoms with Gasteiger partial charge in [0.2, 0.25) is 0 Å². The van der Waals surface area contributed by atoms with E-state index in [1.807, 2.05) is 50.2 Å². The van der Waals surface area contributed by atoms with Gasteiger partial charge in [0.1, 0.15) is 5.76 Å². The minimum Gasteiger partial charge on any atom is -0.507 e. The molecular weight excluding hydrogens is 492 g/mol. The maximum atomic E-state index is 13.5. The second-order valence-electron chi connectivity index (χ2n) is 10.6. The highest BCUT2D eigenvalue weighted by molar-refractivity contribution is 6.46. The summed E-state index contributed by atoms with van der Waals surface area (Å²) in [6.45, 7) is 15.9. The van der Waals surface area contributed by atoms with Crippen LogP contribution in [0.4, 0.5) is 0 Å². The van der Waals surface area contributed by atoms with Crippen molar-refractivity contribution in [1.82, 2.24) is 9.80 Å². The lowest BCUT2D eigenvalue weighted by Gasteiger charge is -2.27. The second-order valence-corrected chi connectivity index (χ2v) is 10.6. The molecule has 1 fully saturated rings. The number of aliphatic hydroxyl groups excluding tert-OH is 1. The van der Waals surface area contributed by atoms with E-state index in [4.69, 9.17) is 9.47 Å². The van der Waals surface area contributed by atoms with Crippen LogP contribution < -0.4 is 9.47 Å². The van der Waals surface area contributed by atoms with Gasteiger partial charge in [-0.05, 0) is 81.6 Å². The van der Waals surface area contributed by atoms with Crippen molar-refractivity contribution in [3.8, 4) is 11.5 Å². The van der Waals surface area contributed by atoms with Gasteiger partial charge in [-0.1, -0.05) is 51.5 Å². The third-order valence-corrected chi connectivity index (χ3v) is 7.41. The van der Waals surface area contributed by atoms with Crippen molar-refractivity contribution in [2.45, 2.75) is 60.4 Å². The predicted molar refractivity (Wildman–Crippen MR) is 155 cm³/mol. The molecule has 0 aliphatic carbocycles. The van der Waals surface area contributed by atoms with E-state index in [0.717, 1.165) is 37.2 Å². The summed E-state index contributed by atoms with van der Waals surface area (Å²) in [7, 11) is 1.57. The van der Waals surface area contributed by atoms with Gasteiger partial charge in [0.05, 0.1) is 25.3 Å². The average Bonchev–Trinajstić information content (AvgIpc) is 3.17. The SMILES string of the molecule is CCN(CC)CCCN1C(=O)C(=O)C(=C(O)c2cc(C)ccc2C)C1c1ccc(OCCC(C)C)c(OC)c1. The number of benzene rings is 2. The maximum Gasteiger partial charge on any atom is 0.295 e. The molecule has 3 rings (SSSR count). The number of carbonyl (C=O) groups excluding carboxylic acids is 2. The number of rotatable bonds is 13. The number of methoxy groups -OCH3 is 1. The Morgan fingerprint density at radius 3 is 2.41 bits per heavy atom. The summed E-state index contributed by atoms with van der Waals surface area (Å²) < 4.78 is 11.6. The van der Waals surface area contributed by atoms with Gasteiger partial charge in [-0.15, -0.1) is 0 Å². The molecule has 0 bridgehead atoms. The molecule has 2 aromatic carbocycles. The number of ether oxygens (including phenoxy) is 2. The molecule has 0 spiro atoms. The summed E-state index contributed by atoms with van der Waals surface area (Å²) in [5.41, 5.74) is 3.14. The van der Waals surface area contributed by atoms with Crippen molar-refractivity contribution in [3.05, 3.63) is 64.2 Å². The average molecular weight is 537 g/mol. The lowest BCUT2D eigenvalue weighted by atomic mass is 9.93. The fraction of sp³-hybridized carbons (Fsp3) is 0.500. The molecule has 1 atom stereocenters. The van der Waals surface area contributed by atoms with E-state index >= 15 is 0 Å². The van der Waals surface area contributed by atoms with Crippen molar-refractivity contribution < 1.29 is 24.2 Å². The molecule has 1 amide bonds. The van der Waals surface area contributed by atoms with Crippen molar-refractivity contribution in [1.29, 1.82) is 0 Å². The molecule has 1 aliphatic rings. The number of nitrogens with zero attached hydrogens (tertiary/aromatic N) is 2. The second kappa shape index (κ2) is 13.7. The third kappa shape index (κ3) is 7.01. The number of likely N-dealkylation sites (tertiary alicyclic amines) is 1. The maximum absolute atomic E-state index is 13.5. The topological polar surface area (TPSA) is 79.3 Å². The molecule has 0 aromatic heterocycles. The number of ketones is 1. The van der Waals surface area contributed by atoms with Crippen LogP contribution in [-0.2, 0) is 9.59 Å². The van der Waals surface area contributed by atoms with Crippen LogP contribution in [0, 0.1) is 19.8 Å². The van der Waals surface area contributed by atoms with Gasteiger partial charge >= 0.3 is 0 Å². The molecule has 212 valence electrons. The first kappa shape index (κ1) is 30.2. The number of hydrogen-bond acceptors (Lipinski definition) is 6. The molecule has 1 aliphatic heterocycles. The van der Waals surface area contributed by atoms with E-state index in [-0.39, 0.29) is 11.3 Å². The number of aliphatic hydroxyl groups is 1. The highest BCUT2D eigenvalue weighted by Crippen LogP contribution is 2.42. The van der Waals surface area contributed by atoms with Gasteiger partial charge < -0.3 is 24.4 Å². The Bertz CT molecular complexity index is 1200.